The molecule has 0 saturated heterocycles. The second-order valence-corrected chi connectivity index (χ2v) is 2.88. The lowest BCUT2D eigenvalue weighted by molar-refractivity contribution is -0.100. The molecule has 1 rings (SSSR count). The third-order valence-electron chi connectivity index (χ3n) is 1.85. The molecule has 78 valence electrons. The van der Waals surface area contributed by atoms with Crippen molar-refractivity contribution < 1.29 is 27.6 Å². The Bertz CT molecular complexity index is 282. The van der Waals surface area contributed by atoms with Gasteiger partial charge in [-0.25, -0.2) is 4.39 Å². The molecule has 1 aliphatic carbocycles. The summed E-state index contributed by atoms with van der Waals surface area (Å²) >= 11 is 0. The number of alkyl halides is 4. The first-order chi connectivity index (χ1) is 6.32. The van der Waals surface area contributed by atoms with Gasteiger partial charge in [-0.05, 0) is 5.47 Å². The molecular formula is C7H7BF4O2. The van der Waals surface area contributed by atoms with Gasteiger partial charge in [0, 0.05) is 6.42 Å². The van der Waals surface area contributed by atoms with Crippen LogP contribution in [0.1, 0.15) is 6.42 Å². The van der Waals surface area contributed by atoms with Gasteiger partial charge in [-0.15, -0.1) is 0 Å². The van der Waals surface area contributed by atoms with Crippen molar-refractivity contribution in [1.82, 2.24) is 0 Å². The number of rotatable bonds is 1. The maximum absolute atomic E-state index is 12.8. The highest BCUT2D eigenvalue weighted by atomic mass is 19.4. The van der Waals surface area contributed by atoms with Gasteiger partial charge < -0.3 is 10.0 Å². The largest absolute Gasteiger partial charge is 0.488 e. The third-order valence-corrected chi connectivity index (χ3v) is 1.85. The van der Waals surface area contributed by atoms with Crippen LogP contribution in [0.3, 0.4) is 0 Å². The molecule has 0 aromatic heterocycles. The van der Waals surface area contributed by atoms with Crippen LogP contribution in [0.4, 0.5) is 17.6 Å². The fourth-order valence-corrected chi connectivity index (χ4v) is 1.13. The Balaban J connectivity index is 2.97. The van der Waals surface area contributed by atoms with Crippen molar-refractivity contribution in [2.24, 2.45) is 0 Å². The Kier molecular flexibility index (Phi) is 3.01. The predicted octanol–water partition coefficient (Wildman–Crippen LogP) is 1.16. The highest BCUT2D eigenvalue weighted by Crippen LogP contribution is 2.34. The summed E-state index contributed by atoms with van der Waals surface area (Å²) in [7, 11) is -2.00. The van der Waals surface area contributed by atoms with E-state index in [0.29, 0.717) is 6.08 Å². The smallest absolute Gasteiger partial charge is 0.423 e. The predicted molar refractivity (Wildman–Crippen MR) is 41.9 cm³/mol. The van der Waals surface area contributed by atoms with Crippen molar-refractivity contribution in [2.75, 3.05) is 0 Å². The minimum atomic E-state index is -4.77. The van der Waals surface area contributed by atoms with Gasteiger partial charge in [-0.3, -0.25) is 0 Å². The lowest BCUT2D eigenvalue weighted by Crippen LogP contribution is -2.26. The van der Waals surface area contributed by atoms with Gasteiger partial charge in [-0.1, -0.05) is 12.2 Å². The van der Waals surface area contributed by atoms with E-state index < -0.39 is 31.5 Å². The minimum absolute atomic E-state index is 0.328. The van der Waals surface area contributed by atoms with E-state index in [0.717, 1.165) is 6.08 Å². The first-order valence-corrected chi connectivity index (χ1v) is 3.81. The van der Waals surface area contributed by atoms with E-state index in [2.05, 4.69) is 0 Å². The van der Waals surface area contributed by atoms with Gasteiger partial charge in [-0.2, -0.15) is 13.2 Å². The second-order valence-electron chi connectivity index (χ2n) is 2.88. The van der Waals surface area contributed by atoms with Crippen LogP contribution in [-0.2, 0) is 0 Å². The molecule has 1 atom stereocenters. The minimum Gasteiger partial charge on any atom is -0.423 e. The third kappa shape index (κ3) is 2.36. The topological polar surface area (TPSA) is 40.5 Å². The molecule has 0 bridgehead atoms. The Hall–Kier alpha value is -0.815. The van der Waals surface area contributed by atoms with Crippen molar-refractivity contribution in [3.05, 3.63) is 23.2 Å². The van der Waals surface area contributed by atoms with Crippen LogP contribution in [0.2, 0.25) is 0 Å². The zero-order valence-corrected chi connectivity index (χ0v) is 6.92. The van der Waals surface area contributed by atoms with E-state index >= 15 is 0 Å². The summed E-state index contributed by atoms with van der Waals surface area (Å²) in [5.74, 6) is 0. The Morgan fingerprint density at radius 1 is 1.36 bits per heavy atom. The highest BCUT2D eigenvalue weighted by Gasteiger charge is 2.40. The fourth-order valence-electron chi connectivity index (χ4n) is 1.13. The van der Waals surface area contributed by atoms with Crippen molar-refractivity contribution >= 4 is 7.12 Å². The molecule has 0 heterocycles. The number of hydrogen-bond acceptors (Lipinski definition) is 2. The van der Waals surface area contributed by atoms with Gasteiger partial charge in [0.05, 0.1) is 5.57 Å². The van der Waals surface area contributed by atoms with Crippen molar-refractivity contribution in [3.8, 4) is 0 Å². The first-order valence-electron chi connectivity index (χ1n) is 3.81. The summed E-state index contributed by atoms with van der Waals surface area (Å²) in [5.41, 5.74) is -1.70. The van der Waals surface area contributed by atoms with Crippen LogP contribution in [0, 0.1) is 0 Å². The number of allylic oxidation sites excluding steroid dienone is 4. The molecule has 0 fully saturated rings. The molecule has 14 heavy (non-hydrogen) atoms. The molecule has 0 aromatic rings. The molecule has 0 aliphatic heterocycles. The molecular weight excluding hydrogens is 203 g/mol. The average Bonchev–Trinajstić information content (AvgIpc) is 2.02. The summed E-state index contributed by atoms with van der Waals surface area (Å²) < 4.78 is 49.2. The van der Waals surface area contributed by atoms with Gasteiger partial charge in [0.2, 0.25) is 0 Å². The number of halogens is 4. The summed E-state index contributed by atoms with van der Waals surface area (Å²) in [5, 5.41) is 17.2. The zero-order chi connectivity index (χ0) is 10.9. The van der Waals surface area contributed by atoms with Crippen molar-refractivity contribution in [2.45, 2.75) is 18.8 Å². The van der Waals surface area contributed by atoms with Gasteiger partial charge >= 0.3 is 13.3 Å². The van der Waals surface area contributed by atoms with Gasteiger partial charge in [0.1, 0.15) is 6.17 Å². The van der Waals surface area contributed by atoms with E-state index in [4.69, 9.17) is 10.0 Å². The molecule has 0 aromatic carbocycles. The molecule has 2 nitrogen and oxygen atoms in total. The lowest BCUT2D eigenvalue weighted by Gasteiger charge is -2.19. The molecule has 0 saturated carbocycles. The van der Waals surface area contributed by atoms with Crippen LogP contribution in [0.15, 0.2) is 23.2 Å². The summed E-state index contributed by atoms with van der Waals surface area (Å²) in [6.07, 6.45) is -5.92. The Morgan fingerprint density at radius 2 is 1.93 bits per heavy atom. The molecule has 0 radical (unpaired) electrons. The van der Waals surface area contributed by atoms with Crippen LogP contribution < -0.4 is 0 Å². The number of hydrogen-bond donors (Lipinski definition) is 2. The Labute approximate surface area is 77.7 Å². The van der Waals surface area contributed by atoms with E-state index in [-0.39, 0.29) is 5.47 Å². The van der Waals surface area contributed by atoms with E-state index in [1.54, 1.807) is 0 Å². The Morgan fingerprint density at radius 3 is 2.36 bits per heavy atom. The van der Waals surface area contributed by atoms with Gasteiger partial charge in [0.25, 0.3) is 0 Å². The molecule has 0 spiro atoms. The zero-order valence-electron chi connectivity index (χ0n) is 6.92. The van der Waals surface area contributed by atoms with Crippen LogP contribution in [-0.4, -0.2) is 29.5 Å². The quantitative estimate of drug-likeness (QED) is 0.503. The first kappa shape index (κ1) is 11.3. The van der Waals surface area contributed by atoms with E-state index in [1.165, 1.54) is 0 Å². The second kappa shape index (κ2) is 3.74. The van der Waals surface area contributed by atoms with Crippen molar-refractivity contribution in [3.63, 3.8) is 0 Å². The van der Waals surface area contributed by atoms with Gasteiger partial charge in [0.15, 0.2) is 0 Å². The van der Waals surface area contributed by atoms with Crippen LogP contribution in [0.25, 0.3) is 0 Å². The standard InChI is InChI=1S/C7H7BF4O2/c9-6-2-1-4(8(13)14)3-5(6)7(10,11)12/h1,3,6,13-14H,2H2. The molecule has 0 amide bonds. The molecule has 1 unspecified atom stereocenters. The maximum atomic E-state index is 12.8. The van der Waals surface area contributed by atoms with Crippen molar-refractivity contribution in [1.29, 1.82) is 0 Å². The monoisotopic (exact) mass is 210 g/mol. The molecule has 2 N–H and O–H groups in total. The summed E-state index contributed by atoms with van der Waals surface area (Å²) in [6.45, 7) is 0. The average molecular weight is 210 g/mol. The SMILES string of the molecule is OB(O)C1=CCC(F)C(C(F)(F)F)=C1. The summed E-state index contributed by atoms with van der Waals surface area (Å²) in [4.78, 5) is 0. The van der Waals surface area contributed by atoms with Crippen LogP contribution in [0.5, 0.6) is 0 Å². The normalized spacial score (nSPS) is 22.9. The van der Waals surface area contributed by atoms with E-state index in [1.807, 2.05) is 0 Å². The highest BCUT2D eigenvalue weighted by molar-refractivity contribution is 6.51. The lowest BCUT2D eigenvalue weighted by atomic mass is 9.75. The molecule has 7 heteroatoms. The van der Waals surface area contributed by atoms with Crippen LogP contribution >= 0.6 is 0 Å². The summed E-state index contributed by atoms with van der Waals surface area (Å²) in [6, 6.07) is 0. The fraction of sp³-hybridized carbons (Fsp3) is 0.429. The van der Waals surface area contributed by atoms with E-state index in [9.17, 15) is 17.6 Å². The maximum Gasteiger partial charge on any atom is 0.488 e. The molecule has 1 aliphatic rings.